The number of nitrogens with one attached hydrogen (secondary N) is 1. The van der Waals surface area contributed by atoms with Gasteiger partial charge in [-0.1, -0.05) is 0 Å². The van der Waals surface area contributed by atoms with Crippen LogP contribution in [-0.4, -0.2) is 67.1 Å². The van der Waals surface area contributed by atoms with Crippen LogP contribution in [0.4, 0.5) is 4.79 Å². The molecule has 7 heteroatoms. The molecule has 0 spiro atoms. The topological polar surface area (TPSA) is 88.1 Å². The minimum Gasteiger partial charge on any atom is -0.480 e. The van der Waals surface area contributed by atoms with Crippen LogP contribution < -0.4 is 5.32 Å². The van der Waals surface area contributed by atoms with Crippen LogP contribution in [0.2, 0.25) is 0 Å². The summed E-state index contributed by atoms with van der Waals surface area (Å²) < 4.78 is 10.5. The first kappa shape index (κ1) is 14.1. The zero-order valence-electron chi connectivity index (χ0n) is 10.9. The molecule has 2 saturated heterocycles. The number of hydrogen-bond donors (Lipinski definition) is 2. The van der Waals surface area contributed by atoms with E-state index in [1.807, 2.05) is 0 Å². The fraction of sp³-hybridized carbons (Fsp3) is 0.833. The van der Waals surface area contributed by atoms with Crippen molar-refractivity contribution in [3.05, 3.63) is 0 Å². The molecule has 2 amide bonds. The number of rotatable bonds is 2. The lowest BCUT2D eigenvalue weighted by molar-refractivity contribution is -0.148. The molecule has 7 nitrogen and oxygen atoms in total. The number of urea groups is 1. The molecule has 0 aromatic heterocycles. The monoisotopic (exact) mass is 272 g/mol. The molecule has 2 rings (SSSR count). The van der Waals surface area contributed by atoms with Gasteiger partial charge >= 0.3 is 12.0 Å². The van der Waals surface area contributed by atoms with E-state index in [1.165, 1.54) is 0 Å². The van der Waals surface area contributed by atoms with Gasteiger partial charge < -0.3 is 24.8 Å². The van der Waals surface area contributed by atoms with Gasteiger partial charge in [0.05, 0.1) is 6.61 Å². The zero-order chi connectivity index (χ0) is 13.7. The van der Waals surface area contributed by atoms with Gasteiger partial charge in [-0.2, -0.15) is 0 Å². The molecule has 2 aliphatic heterocycles. The molecule has 0 atom stereocenters. The lowest BCUT2D eigenvalue weighted by atomic mass is 9.90. The molecule has 2 fully saturated rings. The summed E-state index contributed by atoms with van der Waals surface area (Å²) in [7, 11) is 0. The molecule has 2 heterocycles. The second-order valence-electron chi connectivity index (χ2n) is 4.88. The average Bonchev–Trinajstić information content (AvgIpc) is 2.68. The van der Waals surface area contributed by atoms with Gasteiger partial charge in [-0.3, -0.25) is 0 Å². The van der Waals surface area contributed by atoms with Gasteiger partial charge in [0.25, 0.3) is 0 Å². The predicted molar refractivity (Wildman–Crippen MR) is 66.0 cm³/mol. The fourth-order valence-electron chi connectivity index (χ4n) is 2.35. The number of carboxylic acid groups (broad SMARTS) is 1. The number of carbonyl (C=O) groups excluding carboxylic acids is 1. The van der Waals surface area contributed by atoms with Crippen LogP contribution in [0.3, 0.4) is 0 Å². The van der Waals surface area contributed by atoms with Crippen LogP contribution in [0.15, 0.2) is 0 Å². The molecule has 108 valence electrons. The number of aliphatic carboxylic acids is 1. The molecule has 2 N–H and O–H groups in total. The molecule has 0 aromatic rings. The maximum absolute atomic E-state index is 12.2. The number of amides is 2. The standard InChI is InChI=1S/C12H20N2O5/c15-10(16)12(2-7-19-8-3-12)13-11(17)14-4-1-6-18-9-5-14/h1-9H2,(H,13,17)(H,15,16). The van der Waals surface area contributed by atoms with E-state index in [9.17, 15) is 14.7 Å². The maximum atomic E-state index is 12.2. The first-order valence-corrected chi connectivity index (χ1v) is 6.60. The summed E-state index contributed by atoms with van der Waals surface area (Å²) in [6.07, 6.45) is 1.38. The first-order valence-electron chi connectivity index (χ1n) is 6.60. The average molecular weight is 272 g/mol. The molecule has 0 unspecified atom stereocenters. The Morgan fingerprint density at radius 1 is 1.05 bits per heavy atom. The Hall–Kier alpha value is -1.34. The Bertz CT molecular complexity index is 333. The Labute approximate surface area is 111 Å². The van der Waals surface area contributed by atoms with E-state index in [-0.39, 0.29) is 6.03 Å². The Balaban J connectivity index is 1.99. The van der Waals surface area contributed by atoms with E-state index >= 15 is 0 Å². The summed E-state index contributed by atoms with van der Waals surface area (Å²) in [5.74, 6) is -0.991. The third-order valence-corrected chi connectivity index (χ3v) is 3.61. The molecule has 0 radical (unpaired) electrons. The molecule has 0 aliphatic carbocycles. The second-order valence-corrected chi connectivity index (χ2v) is 4.88. The van der Waals surface area contributed by atoms with Gasteiger partial charge in [0.1, 0.15) is 5.54 Å². The van der Waals surface area contributed by atoms with Crippen molar-refractivity contribution >= 4 is 12.0 Å². The van der Waals surface area contributed by atoms with Crippen LogP contribution in [0.1, 0.15) is 19.3 Å². The third-order valence-electron chi connectivity index (χ3n) is 3.61. The smallest absolute Gasteiger partial charge is 0.329 e. The van der Waals surface area contributed by atoms with E-state index in [4.69, 9.17) is 9.47 Å². The predicted octanol–water partition coefficient (Wildman–Crippen LogP) is 0.0521. The molecular weight excluding hydrogens is 252 g/mol. The van der Waals surface area contributed by atoms with Crippen molar-refractivity contribution in [1.82, 2.24) is 10.2 Å². The van der Waals surface area contributed by atoms with E-state index < -0.39 is 11.5 Å². The molecule has 0 saturated carbocycles. The SMILES string of the molecule is O=C(NC1(C(=O)O)CCOCC1)N1CCCOCC1. The summed E-state index contributed by atoms with van der Waals surface area (Å²) in [5.41, 5.74) is -1.19. The fourth-order valence-corrected chi connectivity index (χ4v) is 2.35. The third kappa shape index (κ3) is 3.36. The highest BCUT2D eigenvalue weighted by Gasteiger charge is 2.42. The van der Waals surface area contributed by atoms with Gasteiger partial charge in [-0.15, -0.1) is 0 Å². The van der Waals surface area contributed by atoms with Crippen molar-refractivity contribution in [3.63, 3.8) is 0 Å². The quantitative estimate of drug-likeness (QED) is 0.741. The molecule has 19 heavy (non-hydrogen) atoms. The van der Waals surface area contributed by atoms with Crippen LogP contribution in [0, 0.1) is 0 Å². The zero-order valence-corrected chi connectivity index (χ0v) is 10.9. The molecule has 0 aromatic carbocycles. The van der Waals surface area contributed by atoms with Gasteiger partial charge in [-0.25, -0.2) is 9.59 Å². The van der Waals surface area contributed by atoms with E-state index in [0.717, 1.165) is 6.42 Å². The highest BCUT2D eigenvalue weighted by molar-refractivity contribution is 5.86. The highest BCUT2D eigenvalue weighted by Crippen LogP contribution is 2.21. The molecule has 0 bridgehead atoms. The van der Waals surface area contributed by atoms with Crippen molar-refractivity contribution in [2.75, 3.05) is 39.5 Å². The van der Waals surface area contributed by atoms with Crippen molar-refractivity contribution in [2.45, 2.75) is 24.8 Å². The highest BCUT2D eigenvalue weighted by atomic mass is 16.5. The van der Waals surface area contributed by atoms with Crippen LogP contribution in [-0.2, 0) is 14.3 Å². The van der Waals surface area contributed by atoms with Crippen molar-refractivity contribution in [3.8, 4) is 0 Å². The van der Waals surface area contributed by atoms with Gasteiger partial charge in [0.15, 0.2) is 0 Å². The summed E-state index contributed by atoms with van der Waals surface area (Å²) in [6.45, 7) is 2.94. The number of carbonyl (C=O) groups is 2. The van der Waals surface area contributed by atoms with Gasteiger partial charge in [-0.05, 0) is 6.42 Å². The van der Waals surface area contributed by atoms with E-state index in [1.54, 1.807) is 4.90 Å². The Morgan fingerprint density at radius 3 is 2.42 bits per heavy atom. The van der Waals surface area contributed by atoms with Crippen molar-refractivity contribution in [1.29, 1.82) is 0 Å². The van der Waals surface area contributed by atoms with Crippen molar-refractivity contribution in [2.24, 2.45) is 0 Å². The number of nitrogens with zero attached hydrogens (tertiary/aromatic N) is 1. The summed E-state index contributed by atoms with van der Waals surface area (Å²) in [5, 5.41) is 12.1. The number of carboxylic acids is 1. The number of hydrogen-bond acceptors (Lipinski definition) is 4. The van der Waals surface area contributed by atoms with Crippen LogP contribution in [0.25, 0.3) is 0 Å². The Kier molecular flexibility index (Phi) is 4.60. The summed E-state index contributed by atoms with van der Waals surface area (Å²) in [6, 6.07) is -0.324. The van der Waals surface area contributed by atoms with Crippen LogP contribution >= 0.6 is 0 Å². The first-order chi connectivity index (χ1) is 9.14. The second kappa shape index (κ2) is 6.21. The van der Waals surface area contributed by atoms with E-state index in [2.05, 4.69) is 5.32 Å². The minimum atomic E-state index is -1.19. The lowest BCUT2D eigenvalue weighted by Gasteiger charge is -2.35. The van der Waals surface area contributed by atoms with E-state index in [0.29, 0.717) is 52.4 Å². The lowest BCUT2D eigenvalue weighted by Crippen LogP contribution is -2.60. The summed E-state index contributed by atoms with van der Waals surface area (Å²) in [4.78, 5) is 25.3. The molecular formula is C12H20N2O5. The van der Waals surface area contributed by atoms with Gasteiger partial charge in [0, 0.05) is 45.8 Å². The molecule has 2 aliphatic rings. The van der Waals surface area contributed by atoms with Crippen LogP contribution in [0.5, 0.6) is 0 Å². The normalized spacial score (nSPS) is 23.5. The van der Waals surface area contributed by atoms with Crippen molar-refractivity contribution < 1.29 is 24.2 Å². The summed E-state index contributed by atoms with van der Waals surface area (Å²) >= 11 is 0. The van der Waals surface area contributed by atoms with Gasteiger partial charge in [0.2, 0.25) is 0 Å². The number of ether oxygens (including phenoxy) is 2. The Morgan fingerprint density at radius 2 is 1.74 bits per heavy atom. The maximum Gasteiger partial charge on any atom is 0.329 e. The largest absolute Gasteiger partial charge is 0.480 e. The minimum absolute atomic E-state index is 0.304.